The molecule has 2 aliphatic rings. The van der Waals surface area contributed by atoms with E-state index in [1.54, 1.807) is 6.92 Å². The zero-order chi connectivity index (χ0) is 22.2. The summed E-state index contributed by atoms with van der Waals surface area (Å²) in [6, 6.07) is 0.163. The molecule has 1 aliphatic heterocycles. The van der Waals surface area contributed by atoms with Crippen molar-refractivity contribution in [3.8, 4) is 12.8 Å². The van der Waals surface area contributed by atoms with Crippen LogP contribution in [0.4, 0.5) is 0 Å². The lowest BCUT2D eigenvalue weighted by atomic mass is 9.83. The molecule has 6 heteroatoms. The van der Waals surface area contributed by atoms with Gasteiger partial charge in [-0.25, -0.2) is 4.98 Å². The van der Waals surface area contributed by atoms with E-state index in [9.17, 15) is 4.79 Å². The molecule has 2 heterocycles. The van der Waals surface area contributed by atoms with Crippen molar-refractivity contribution in [2.45, 2.75) is 85.1 Å². The van der Waals surface area contributed by atoms with E-state index in [0.717, 1.165) is 30.9 Å². The third-order valence-electron chi connectivity index (χ3n) is 5.19. The van der Waals surface area contributed by atoms with Crippen LogP contribution in [-0.2, 0) is 4.79 Å². The van der Waals surface area contributed by atoms with Gasteiger partial charge in [-0.3, -0.25) is 4.79 Å². The molecular weight excluding hydrogens is 362 g/mol. The number of carbonyl (C=O) groups is 1. The van der Waals surface area contributed by atoms with Gasteiger partial charge in [0.1, 0.15) is 5.82 Å². The number of nitrogens with one attached hydrogen (secondary N) is 3. The Morgan fingerprint density at radius 3 is 2.34 bits per heavy atom. The van der Waals surface area contributed by atoms with Crippen LogP contribution in [0.15, 0.2) is 6.20 Å². The average Bonchev–Trinajstić information content (AvgIpc) is 3.19. The standard InChI is InChI=1S/C11H19N3.C8H14N2O.C2H6.C2H2/c1-8-13-7-10(14-8)11(12)9-5-3-2-4-6-9;1-6(9)5-7-3-2-4-10-8(7)11;2*1-2/h7,9,11H,2-6,12H2,1H3,(H,13,14);7,9H,2-5H2,1H3,(H,10,11);1-2H3;1-2H. The molecular formula is C23H41N5O. The molecule has 2 atom stereocenters. The first-order valence-corrected chi connectivity index (χ1v) is 10.9. The van der Waals surface area contributed by atoms with Crippen LogP contribution in [0.1, 0.15) is 89.7 Å². The number of nitrogens with two attached hydrogens (primary N) is 1. The van der Waals surface area contributed by atoms with Crippen molar-refractivity contribution >= 4 is 11.6 Å². The average molecular weight is 404 g/mol. The first-order valence-electron chi connectivity index (χ1n) is 10.9. The SMILES string of the molecule is C#C.CC.CC(=N)CC1CCCNC1=O.Cc1ncc(C(N)C2CCCCC2)[nH]1. The molecule has 5 N–H and O–H groups in total. The predicted molar refractivity (Wildman–Crippen MR) is 122 cm³/mol. The van der Waals surface area contributed by atoms with Crippen LogP contribution in [0.3, 0.4) is 0 Å². The molecule has 1 amide bonds. The van der Waals surface area contributed by atoms with Crippen molar-refractivity contribution < 1.29 is 4.79 Å². The van der Waals surface area contributed by atoms with Crippen LogP contribution in [0.25, 0.3) is 0 Å². The Balaban J connectivity index is 0.000000472. The Morgan fingerprint density at radius 1 is 1.24 bits per heavy atom. The number of hydrogen-bond acceptors (Lipinski definition) is 4. The van der Waals surface area contributed by atoms with Crippen molar-refractivity contribution in [2.75, 3.05) is 6.54 Å². The van der Waals surface area contributed by atoms with Gasteiger partial charge in [0, 0.05) is 30.4 Å². The minimum atomic E-state index is 0.0706. The van der Waals surface area contributed by atoms with Gasteiger partial charge in [0.25, 0.3) is 0 Å². The molecule has 0 bridgehead atoms. The van der Waals surface area contributed by atoms with Gasteiger partial charge in [-0.15, -0.1) is 12.8 Å². The van der Waals surface area contributed by atoms with E-state index in [4.69, 9.17) is 11.1 Å². The number of aryl methyl sites for hydroxylation is 1. The third kappa shape index (κ3) is 10.3. The predicted octanol–water partition coefficient (Wildman–Crippen LogP) is 4.52. The van der Waals surface area contributed by atoms with Crippen LogP contribution >= 0.6 is 0 Å². The number of amides is 1. The molecule has 1 saturated heterocycles. The largest absolute Gasteiger partial charge is 0.356 e. The number of aromatic nitrogens is 2. The van der Waals surface area contributed by atoms with Gasteiger partial charge in [0.15, 0.2) is 0 Å². The summed E-state index contributed by atoms with van der Waals surface area (Å²) in [6.45, 7) is 8.53. The number of nitrogens with zero attached hydrogens (tertiary/aromatic N) is 1. The van der Waals surface area contributed by atoms with Crippen LogP contribution in [0.5, 0.6) is 0 Å². The maximum atomic E-state index is 11.1. The first-order chi connectivity index (χ1) is 14.0. The summed E-state index contributed by atoms with van der Waals surface area (Å²) in [7, 11) is 0. The summed E-state index contributed by atoms with van der Waals surface area (Å²) in [6.07, 6.45) is 19.1. The molecule has 164 valence electrons. The first kappa shape index (κ1) is 26.9. The highest BCUT2D eigenvalue weighted by molar-refractivity contribution is 5.87. The quantitative estimate of drug-likeness (QED) is 0.438. The highest BCUT2D eigenvalue weighted by Gasteiger charge is 2.23. The third-order valence-corrected chi connectivity index (χ3v) is 5.19. The Kier molecular flexibility index (Phi) is 14.6. The summed E-state index contributed by atoms with van der Waals surface area (Å²) in [5, 5.41) is 10.0. The molecule has 0 spiro atoms. The number of aromatic amines is 1. The topological polar surface area (TPSA) is 108 Å². The number of carbonyl (C=O) groups excluding carboxylic acids is 1. The number of hydrogen-bond donors (Lipinski definition) is 4. The van der Waals surface area contributed by atoms with Crippen LogP contribution in [0.2, 0.25) is 0 Å². The molecule has 0 radical (unpaired) electrons. The summed E-state index contributed by atoms with van der Waals surface area (Å²) >= 11 is 0. The molecule has 1 aliphatic carbocycles. The van der Waals surface area contributed by atoms with Gasteiger partial charge >= 0.3 is 0 Å². The van der Waals surface area contributed by atoms with Gasteiger partial charge in [0.05, 0.1) is 5.69 Å². The van der Waals surface area contributed by atoms with Crippen LogP contribution in [0, 0.1) is 37.0 Å². The number of rotatable bonds is 4. The van der Waals surface area contributed by atoms with Crippen molar-refractivity contribution in [1.82, 2.24) is 15.3 Å². The Labute approximate surface area is 177 Å². The second-order valence-corrected chi connectivity index (χ2v) is 7.46. The van der Waals surface area contributed by atoms with Gasteiger partial charge in [-0.1, -0.05) is 33.1 Å². The van der Waals surface area contributed by atoms with E-state index < -0.39 is 0 Å². The zero-order valence-corrected chi connectivity index (χ0v) is 18.8. The molecule has 6 nitrogen and oxygen atoms in total. The van der Waals surface area contributed by atoms with Gasteiger partial charge in [-0.2, -0.15) is 0 Å². The molecule has 1 aromatic heterocycles. The fourth-order valence-corrected chi connectivity index (χ4v) is 3.76. The molecule has 0 aromatic carbocycles. The van der Waals surface area contributed by atoms with Crippen LogP contribution < -0.4 is 11.1 Å². The van der Waals surface area contributed by atoms with Crippen molar-refractivity contribution in [3.63, 3.8) is 0 Å². The molecule has 29 heavy (non-hydrogen) atoms. The fraction of sp³-hybridized carbons (Fsp3) is 0.696. The zero-order valence-electron chi connectivity index (χ0n) is 18.8. The lowest BCUT2D eigenvalue weighted by Crippen LogP contribution is -2.37. The number of piperidine rings is 1. The minimum absolute atomic E-state index is 0.0706. The van der Waals surface area contributed by atoms with E-state index in [-0.39, 0.29) is 17.9 Å². The second kappa shape index (κ2) is 15.8. The Morgan fingerprint density at radius 2 is 1.86 bits per heavy atom. The van der Waals surface area contributed by atoms with E-state index in [1.807, 2.05) is 27.0 Å². The summed E-state index contributed by atoms with van der Waals surface area (Å²) in [5.41, 5.74) is 7.92. The van der Waals surface area contributed by atoms with E-state index in [1.165, 1.54) is 32.1 Å². The second-order valence-electron chi connectivity index (χ2n) is 7.46. The molecule has 3 rings (SSSR count). The van der Waals surface area contributed by atoms with Crippen molar-refractivity contribution in [3.05, 3.63) is 17.7 Å². The van der Waals surface area contributed by atoms with Crippen molar-refractivity contribution in [2.24, 2.45) is 17.6 Å². The maximum Gasteiger partial charge on any atom is 0.223 e. The molecule has 2 fully saturated rings. The maximum absolute atomic E-state index is 11.1. The van der Waals surface area contributed by atoms with Gasteiger partial charge < -0.3 is 21.4 Å². The molecule has 1 aromatic rings. The number of imidazole rings is 1. The highest BCUT2D eigenvalue weighted by Crippen LogP contribution is 2.32. The minimum Gasteiger partial charge on any atom is -0.356 e. The summed E-state index contributed by atoms with van der Waals surface area (Å²) < 4.78 is 0. The Hall–Kier alpha value is -2.13. The molecule has 2 unspecified atom stereocenters. The van der Waals surface area contributed by atoms with Gasteiger partial charge in [0.2, 0.25) is 5.91 Å². The smallest absolute Gasteiger partial charge is 0.223 e. The number of H-pyrrole nitrogens is 1. The van der Waals surface area contributed by atoms with Crippen molar-refractivity contribution in [1.29, 1.82) is 5.41 Å². The Bertz CT molecular complexity index is 601. The fourth-order valence-electron chi connectivity index (χ4n) is 3.76. The number of terminal acetylenes is 1. The lowest BCUT2D eigenvalue weighted by molar-refractivity contribution is -0.126. The summed E-state index contributed by atoms with van der Waals surface area (Å²) in [5.74, 6) is 1.82. The monoisotopic (exact) mass is 403 g/mol. The van der Waals surface area contributed by atoms with Gasteiger partial charge in [-0.05, 0) is 51.9 Å². The van der Waals surface area contributed by atoms with Crippen LogP contribution in [-0.4, -0.2) is 28.1 Å². The van der Waals surface area contributed by atoms with E-state index in [0.29, 0.717) is 18.1 Å². The lowest BCUT2D eigenvalue weighted by Gasteiger charge is -2.26. The molecule has 1 saturated carbocycles. The summed E-state index contributed by atoms with van der Waals surface area (Å²) in [4.78, 5) is 18.6. The highest BCUT2D eigenvalue weighted by atomic mass is 16.1. The van der Waals surface area contributed by atoms with E-state index >= 15 is 0 Å². The normalized spacial score (nSPS) is 19.7. The van der Waals surface area contributed by atoms with E-state index in [2.05, 4.69) is 28.1 Å².